The van der Waals surface area contributed by atoms with Gasteiger partial charge in [-0.25, -0.2) is 0 Å². The monoisotopic (exact) mass is 277 g/mol. The lowest BCUT2D eigenvalue weighted by atomic mass is 9.79. The molecule has 1 fully saturated rings. The molecule has 20 heavy (non-hydrogen) atoms. The topological polar surface area (TPSA) is 67.2 Å². The number of carbonyl (C=O) groups excluding carboxylic acids is 1. The van der Waals surface area contributed by atoms with Crippen molar-refractivity contribution >= 4 is 12.0 Å². The standard InChI is InChI=1S/C15H23N3O2/c1-12-4-3-8-15(20,10-12)11-16-14(19)6-5-13-7-9-17-18(13)2/h5-7,9,12,20H,3-4,8,10-11H2,1-2H3,(H,16,19). The zero-order valence-corrected chi connectivity index (χ0v) is 12.2. The summed E-state index contributed by atoms with van der Waals surface area (Å²) in [6.45, 7) is 2.47. The van der Waals surface area contributed by atoms with E-state index in [1.807, 2.05) is 13.1 Å². The second-order valence-corrected chi connectivity index (χ2v) is 5.86. The average Bonchev–Trinajstić information content (AvgIpc) is 2.79. The first kappa shape index (κ1) is 14.8. The molecule has 2 N–H and O–H groups in total. The summed E-state index contributed by atoms with van der Waals surface area (Å²) < 4.78 is 1.69. The number of aryl methyl sites for hydroxylation is 1. The molecule has 5 nitrogen and oxygen atoms in total. The Balaban J connectivity index is 1.83. The fraction of sp³-hybridized carbons (Fsp3) is 0.600. The number of carbonyl (C=O) groups is 1. The summed E-state index contributed by atoms with van der Waals surface area (Å²) in [5, 5.41) is 17.3. The highest BCUT2D eigenvalue weighted by molar-refractivity contribution is 5.91. The largest absolute Gasteiger partial charge is 0.388 e. The van der Waals surface area contributed by atoms with E-state index >= 15 is 0 Å². The minimum absolute atomic E-state index is 0.183. The Kier molecular flexibility index (Phi) is 4.60. The van der Waals surface area contributed by atoms with Crippen molar-refractivity contribution in [2.45, 2.75) is 38.2 Å². The van der Waals surface area contributed by atoms with Gasteiger partial charge < -0.3 is 10.4 Å². The first-order valence-electron chi connectivity index (χ1n) is 7.15. The van der Waals surface area contributed by atoms with Crippen LogP contribution in [0.1, 0.15) is 38.3 Å². The van der Waals surface area contributed by atoms with E-state index in [0.717, 1.165) is 31.4 Å². The normalized spacial score (nSPS) is 26.9. The van der Waals surface area contributed by atoms with Gasteiger partial charge >= 0.3 is 0 Å². The van der Waals surface area contributed by atoms with Crippen molar-refractivity contribution < 1.29 is 9.90 Å². The Bertz CT molecular complexity index is 495. The predicted molar refractivity (Wildman–Crippen MR) is 77.8 cm³/mol. The Labute approximate surface area is 119 Å². The number of nitrogens with one attached hydrogen (secondary N) is 1. The van der Waals surface area contributed by atoms with E-state index in [1.54, 1.807) is 17.0 Å². The smallest absolute Gasteiger partial charge is 0.244 e. The predicted octanol–water partition coefficient (Wildman–Crippen LogP) is 1.49. The summed E-state index contributed by atoms with van der Waals surface area (Å²) in [6.07, 6.45) is 8.60. The molecule has 2 atom stereocenters. The van der Waals surface area contributed by atoms with E-state index in [0.29, 0.717) is 12.5 Å². The highest BCUT2D eigenvalue weighted by Crippen LogP contribution is 2.31. The number of aliphatic hydroxyl groups is 1. The number of hydrogen-bond donors (Lipinski definition) is 2. The van der Waals surface area contributed by atoms with Crippen LogP contribution < -0.4 is 5.32 Å². The van der Waals surface area contributed by atoms with E-state index in [4.69, 9.17) is 0 Å². The molecule has 1 aromatic rings. The van der Waals surface area contributed by atoms with Gasteiger partial charge in [0.25, 0.3) is 0 Å². The summed E-state index contributed by atoms with van der Waals surface area (Å²) in [7, 11) is 1.82. The number of nitrogens with zero attached hydrogens (tertiary/aromatic N) is 2. The third-order valence-corrected chi connectivity index (χ3v) is 3.92. The van der Waals surface area contributed by atoms with Crippen molar-refractivity contribution in [3.63, 3.8) is 0 Å². The molecule has 2 rings (SSSR count). The van der Waals surface area contributed by atoms with Crippen LogP contribution in [0.5, 0.6) is 0 Å². The fourth-order valence-corrected chi connectivity index (χ4v) is 2.81. The van der Waals surface area contributed by atoms with Crippen molar-refractivity contribution in [1.29, 1.82) is 0 Å². The molecule has 1 amide bonds. The summed E-state index contributed by atoms with van der Waals surface area (Å²) in [6, 6.07) is 1.83. The zero-order valence-electron chi connectivity index (χ0n) is 12.2. The minimum atomic E-state index is -0.742. The molecule has 1 aliphatic carbocycles. The van der Waals surface area contributed by atoms with E-state index in [-0.39, 0.29) is 5.91 Å². The molecule has 0 spiro atoms. The Morgan fingerprint density at radius 3 is 3.15 bits per heavy atom. The second-order valence-electron chi connectivity index (χ2n) is 5.86. The van der Waals surface area contributed by atoms with Crippen molar-refractivity contribution in [3.8, 4) is 0 Å². The van der Waals surface area contributed by atoms with Crippen LogP contribution in [0.25, 0.3) is 6.08 Å². The average molecular weight is 277 g/mol. The third-order valence-electron chi connectivity index (χ3n) is 3.92. The van der Waals surface area contributed by atoms with Crippen LogP contribution in [0.4, 0.5) is 0 Å². The molecule has 0 saturated heterocycles. The first-order valence-corrected chi connectivity index (χ1v) is 7.15. The van der Waals surface area contributed by atoms with Gasteiger partial charge in [-0.15, -0.1) is 0 Å². The van der Waals surface area contributed by atoms with Crippen molar-refractivity contribution in [1.82, 2.24) is 15.1 Å². The quantitative estimate of drug-likeness (QED) is 0.819. The van der Waals surface area contributed by atoms with Crippen LogP contribution in [0, 0.1) is 5.92 Å². The Hall–Kier alpha value is -1.62. The molecule has 0 radical (unpaired) electrons. The first-order chi connectivity index (χ1) is 9.48. The molecule has 2 unspecified atom stereocenters. The Morgan fingerprint density at radius 1 is 1.70 bits per heavy atom. The number of rotatable bonds is 4. The molecule has 0 aromatic carbocycles. The molecule has 1 aliphatic rings. The van der Waals surface area contributed by atoms with Gasteiger partial charge in [-0.3, -0.25) is 9.48 Å². The molecular formula is C15H23N3O2. The van der Waals surface area contributed by atoms with Crippen LogP contribution in [0.15, 0.2) is 18.3 Å². The van der Waals surface area contributed by atoms with Crippen LogP contribution in [0.2, 0.25) is 0 Å². The number of amides is 1. The number of hydrogen-bond acceptors (Lipinski definition) is 3. The number of aromatic nitrogens is 2. The SMILES string of the molecule is CC1CCCC(O)(CNC(=O)C=Cc2ccnn2C)C1. The molecule has 1 heterocycles. The van der Waals surface area contributed by atoms with Gasteiger partial charge in [0.2, 0.25) is 5.91 Å². The van der Waals surface area contributed by atoms with E-state index in [9.17, 15) is 9.90 Å². The summed E-state index contributed by atoms with van der Waals surface area (Å²) in [4.78, 5) is 11.8. The van der Waals surface area contributed by atoms with Crippen LogP contribution in [-0.2, 0) is 11.8 Å². The molecule has 1 saturated carbocycles. The molecular weight excluding hydrogens is 254 g/mol. The molecule has 0 aliphatic heterocycles. The van der Waals surface area contributed by atoms with Crippen LogP contribution in [-0.4, -0.2) is 32.9 Å². The Morgan fingerprint density at radius 2 is 2.50 bits per heavy atom. The van der Waals surface area contributed by atoms with Gasteiger partial charge in [0.05, 0.1) is 11.3 Å². The third kappa shape index (κ3) is 3.93. The summed E-state index contributed by atoms with van der Waals surface area (Å²) >= 11 is 0. The van der Waals surface area contributed by atoms with Gasteiger partial charge in [0.1, 0.15) is 0 Å². The zero-order chi connectivity index (χ0) is 14.6. The lowest BCUT2D eigenvalue weighted by molar-refractivity contribution is -0.118. The van der Waals surface area contributed by atoms with Gasteiger partial charge in [0, 0.05) is 25.9 Å². The van der Waals surface area contributed by atoms with Crippen LogP contribution >= 0.6 is 0 Å². The van der Waals surface area contributed by atoms with Gasteiger partial charge in [-0.2, -0.15) is 5.10 Å². The summed E-state index contributed by atoms with van der Waals surface area (Å²) in [5.41, 5.74) is 0.124. The molecule has 110 valence electrons. The van der Waals surface area contributed by atoms with Crippen molar-refractivity contribution in [3.05, 3.63) is 24.0 Å². The van der Waals surface area contributed by atoms with Crippen molar-refractivity contribution in [2.24, 2.45) is 13.0 Å². The highest BCUT2D eigenvalue weighted by Gasteiger charge is 2.32. The van der Waals surface area contributed by atoms with Crippen molar-refractivity contribution in [2.75, 3.05) is 6.54 Å². The van der Waals surface area contributed by atoms with Gasteiger partial charge in [0.15, 0.2) is 0 Å². The minimum Gasteiger partial charge on any atom is -0.388 e. The van der Waals surface area contributed by atoms with Gasteiger partial charge in [-0.05, 0) is 30.9 Å². The maximum Gasteiger partial charge on any atom is 0.244 e. The highest BCUT2D eigenvalue weighted by atomic mass is 16.3. The summed E-state index contributed by atoms with van der Waals surface area (Å²) in [5.74, 6) is 0.341. The molecule has 0 bridgehead atoms. The maximum absolute atomic E-state index is 11.8. The van der Waals surface area contributed by atoms with Gasteiger partial charge in [-0.1, -0.05) is 19.8 Å². The second kappa shape index (κ2) is 6.22. The lowest BCUT2D eigenvalue weighted by Crippen LogP contribution is -2.45. The van der Waals surface area contributed by atoms with Crippen LogP contribution in [0.3, 0.4) is 0 Å². The van der Waals surface area contributed by atoms with E-state index in [2.05, 4.69) is 17.3 Å². The fourth-order valence-electron chi connectivity index (χ4n) is 2.81. The molecule has 1 aromatic heterocycles. The lowest BCUT2D eigenvalue weighted by Gasteiger charge is -2.35. The van der Waals surface area contributed by atoms with E-state index in [1.165, 1.54) is 6.08 Å². The maximum atomic E-state index is 11.8. The van der Waals surface area contributed by atoms with E-state index < -0.39 is 5.60 Å². The molecule has 5 heteroatoms.